The van der Waals surface area contributed by atoms with Crippen molar-refractivity contribution in [1.29, 1.82) is 0 Å². The number of furan rings is 1. The lowest BCUT2D eigenvalue weighted by molar-refractivity contribution is 0.495. The van der Waals surface area contributed by atoms with E-state index in [2.05, 4.69) is 37.5 Å². The van der Waals surface area contributed by atoms with Crippen LogP contribution in [0.25, 0.3) is 0 Å². The highest BCUT2D eigenvalue weighted by molar-refractivity contribution is 5.40. The number of nitrogens with two attached hydrogens (primary N) is 1. The Bertz CT molecular complexity index is 558. The van der Waals surface area contributed by atoms with Gasteiger partial charge >= 0.3 is 0 Å². The molecule has 0 fully saturated rings. The molecule has 0 saturated heterocycles. The molecular formula is C15H20N2O. The highest BCUT2D eigenvalue weighted by atomic mass is 16.3. The second-order valence-corrected chi connectivity index (χ2v) is 4.83. The van der Waals surface area contributed by atoms with E-state index in [0.717, 1.165) is 17.1 Å². The fraction of sp³-hybridized carbons (Fsp3) is 0.333. The zero-order chi connectivity index (χ0) is 13.3. The summed E-state index contributed by atoms with van der Waals surface area (Å²) in [4.78, 5) is 0. The third-order valence-corrected chi connectivity index (χ3v) is 3.29. The molecule has 3 N–H and O–H groups in total. The molecule has 0 bridgehead atoms. The average Bonchev–Trinajstić information content (AvgIpc) is 2.62. The molecule has 18 heavy (non-hydrogen) atoms. The lowest BCUT2D eigenvalue weighted by Crippen LogP contribution is -2.29. The van der Waals surface area contributed by atoms with Gasteiger partial charge in [-0.05, 0) is 44.9 Å². The summed E-state index contributed by atoms with van der Waals surface area (Å²) in [6.45, 7) is 8.12. The third-order valence-electron chi connectivity index (χ3n) is 3.29. The number of rotatable bonds is 3. The van der Waals surface area contributed by atoms with Crippen LogP contribution in [0.2, 0.25) is 0 Å². The van der Waals surface area contributed by atoms with Crippen LogP contribution in [0.15, 0.2) is 28.7 Å². The van der Waals surface area contributed by atoms with Crippen LogP contribution in [0, 0.1) is 27.7 Å². The van der Waals surface area contributed by atoms with Crippen molar-refractivity contribution < 1.29 is 4.42 Å². The summed E-state index contributed by atoms with van der Waals surface area (Å²) in [6.07, 6.45) is 0. The smallest absolute Gasteiger partial charge is 0.106 e. The van der Waals surface area contributed by atoms with Gasteiger partial charge < -0.3 is 4.42 Å². The van der Waals surface area contributed by atoms with Gasteiger partial charge in [0.25, 0.3) is 0 Å². The second-order valence-electron chi connectivity index (χ2n) is 4.83. The SMILES string of the molecule is Cc1ccc(C(NN)c2cc(C)oc2C)c(C)c1. The minimum atomic E-state index is -0.0250. The minimum absolute atomic E-state index is 0.0250. The molecule has 1 unspecified atom stereocenters. The summed E-state index contributed by atoms with van der Waals surface area (Å²) in [5, 5.41) is 0. The lowest BCUT2D eigenvalue weighted by atomic mass is 9.94. The molecule has 0 spiro atoms. The van der Waals surface area contributed by atoms with Gasteiger partial charge in [0.2, 0.25) is 0 Å². The van der Waals surface area contributed by atoms with Gasteiger partial charge in [-0.2, -0.15) is 0 Å². The fourth-order valence-electron chi connectivity index (χ4n) is 2.43. The Hall–Kier alpha value is -1.58. The number of hydrazine groups is 1. The molecule has 96 valence electrons. The molecule has 0 aliphatic carbocycles. The largest absolute Gasteiger partial charge is 0.466 e. The molecule has 2 rings (SSSR count). The maximum Gasteiger partial charge on any atom is 0.106 e. The molecule has 1 aromatic heterocycles. The Morgan fingerprint density at radius 2 is 1.78 bits per heavy atom. The Morgan fingerprint density at radius 3 is 2.28 bits per heavy atom. The van der Waals surface area contributed by atoms with Gasteiger partial charge in [-0.1, -0.05) is 23.8 Å². The van der Waals surface area contributed by atoms with Gasteiger partial charge in [0.15, 0.2) is 0 Å². The molecule has 3 nitrogen and oxygen atoms in total. The number of benzene rings is 1. The van der Waals surface area contributed by atoms with Crippen LogP contribution >= 0.6 is 0 Å². The van der Waals surface area contributed by atoms with E-state index in [9.17, 15) is 0 Å². The number of aryl methyl sites for hydroxylation is 4. The standard InChI is InChI=1S/C15H20N2O/c1-9-5-6-13(10(2)7-9)15(17-16)14-8-11(3)18-12(14)4/h5-8,15,17H,16H2,1-4H3. The molecule has 3 heteroatoms. The first-order chi connectivity index (χ1) is 8.52. The summed E-state index contributed by atoms with van der Waals surface area (Å²) in [7, 11) is 0. The summed E-state index contributed by atoms with van der Waals surface area (Å²) in [5.41, 5.74) is 7.66. The van der Waals surface area contributed by atoms with Gasteiger partial charge in [0.05, 0.1) is 6.04 Å². The summed E-state index contributed by atoms with van der Waals surface area (Å²) >= 11 is 0. The molecule has 0 aliphatic rings. The van der Waals surface area contributed by atoms with Crippen LogP contribution in [0.4, 0.5) is 0 Å². The molecule has 1 atom stereocenters. The van der Waals surface area contributed by atoms with E-state index in [0.29, 0.717) is 0 Å². The van der Waals surface area contributed by atoms with Crippen molar-refractivity contribution >= 4 is 0 Å². The zero-order valence-corrected chi connectivity index (χ0v) is 11.4. The van der Waals surface area contributed by atoms with Crippen molar-refractivity contribution in [3.8, 4) is 0 Å². The molecule has 0 saturated carbocycles. The first kappa shape index (κ1) is 12.9. The molecule has 2 aromatic rings. The highest BCUT2D eigenvalue weighted by Crippen LogP contribution is 2.29. The summed E-state index contributed by atoms with van der Waals surface area (Å²) in [5.74, 6) is 7.55. The molecular weight excluding hydrogens is 224 g/mol. The predicted octanol–water partition coefficient (Wildman–Crippen LogP) is 3.07. The van der Waals surface area contributed by atoms with Crippen molar-refractivity contribution in [2.24, 2.45) is 5.84 Å². The van der Waals surface area contributed by atoms with E-state index in [1.165, 1.54) is 16.7 Å². The van der Waals surface area contributed by atoms with E-state index in [4.69, 9.17) is 10.3 Å². The minimum Gasteiger partial charge on any atom is -0.466 e. The second kappa shape index (κ2) is 4.96. The first-order valence-corrected chi connectivity index (χ1v) is 6.13. The Morgan fingerprint density at radius 1 is 1.06 bits per heavy atom. The van der Waals surface area contributed by atoms with Crippen LogP contribution in [-0.2, 0) is 0 Å². The van der Waals surface area contributed by atoms with Crippen LogP contribution in [0.5, 0.6) is 0 Å². The quantitative estimate of drug-likeness (QED) is 0.644. The van der Waals surface area contributed by atoms with Crippen molar-refractivity contribution in [1.82, 2.24) is 5.43 Å². The monoisotopic (exact) mass is 244 g/mol. The van der Waals surface area contributed by atoms with E-state index in [-0.39, 0.29) is 6.04 Å². The Balaban J connectivity index is 2.48. The van der Waals surface area contributed by atoms with E-state index in [1.54, 1.807) is 0 Å². The zero-order valence-electron chi connectivity index (χ0n) is 11.4. The molecule has 1 aromatic carbocycles. The topological polar surface area (TPSA) is 51.2 Å². The molecule has 0 aliphatic heterocycles. The van der Waals surface area contributed by atoms with Crippen molar-refractivity contribution in [3.05, 3.63) is 58.0 Å². The van der Waals surface area contributed by atoms with Crippen LogP contribution < -0.4 is 11.3 Å². The van der Waals surface area contributed by atoms with Gasteiger partial charge in [0, 0.05) is 5.56 Å². The molecule has 0 radical (unpaired) electrons. The lowest BCUT2D eigenvalue weighted by Gasteiger charge is -2.18. The number of hydrogen-bond donors (Lipinski definition) is 2. The van der Waals surface area contributed by atoms with Gasteiger partial charge in [0.1, 0.15) is 11.5 Å². The Kier molecular flexibility index (Phi) is 3.55. The maximum absolute atomic E-state index is 5.73. The number of nitrogens with one attached hydrogen (secondary N) is 1. The van der Waals surface area contributed by atoms with Crippen LogP contribution in [0.1, 0.15) is 39.8 Å². The number of hydrogen-bond acceptors (Lipinski definition) is 3. The third kappa shape index (κ3) is 2.33. The summed E-state index contributed by atoms with van der Waals surface area (Å²) < 4.78 is 5.59. The maximum atomic E-state index is 5.73. The van der Waals surface area contributed by atoms with E-state index < -0.39 is 0 Å². The van der Waals surface area contributed by atoms with Gasteiger partial charge in [-0.15, -0.1) is 0 Å². The van der Waals surface area contributed by atoms with Gasteiger partial charge in [-0.3, -0.25) is 5.84 Å². The fourth-order valence-corrected chi connectivity index (χ4v) is 2.43. The normalized spacial score (nSPS) is 12.7. The van der Waals surface area contributed by atoms with Gasteiger partial charge in [-0.25, -0.2) is 5.43 Å². The van der Waals surface area contributed by atoms with Crippen molar-refractivity contribution in [2.45, 2.75) is 33.7 Å². The highest BCUT2D eigenvalue weighted by Gasteiger charge is 2.19. The van der Waals surface area contributed by atoms with Crippen LogP contribution in [-0.4, -0.2) is 0 Å². The summed E-state index contributed by atoms with van der Waals surface area (Å²) in [6, 6.07) is 8.41. The predicted molar refractivity (Wildman–Crippen MR) is 73.3 cm³/mol. The van der Waals surface area contributed by atoms with Crippen LogP contribution in [0.3, 0.4) is 0 Å². The molecule has 0 amide bonds. The molecule has 1 heterocycles. The van der Waals surface area contributed by atoms with Crippen molar-refractivity contribution in [2.75, 3.05) is 0 Å². The van der Waals surface area contributed by atoms with E-state index >= 15 is 0 Å². The average molecular weight is 244 g/mol. The Labute approximate surface area is 108 Å². The first-order valence-electron chi connectivity index (χ1n) is 6.13. The van der Waals surface area contributed by atoms with E-state index in [1.807, 2.05) is 19.9 Å². The van der Waals surface area contributed by atoms with Crippen molar-refractivity contribution in [3.63, 3.8) is 0 Å².